The van der Waals surface area contributed by atoms with Crippen molar-refractivity contribution in [3.05, 3.63) is 86.5 Å². The van der Waals surface area contributed by atoms with Crippen molar-refractivity contribution in [2.24, 2.45) is 0 Å². The van der Waals surface area contributed by atoms with Crippen LogP contribution in [0.1, 0.15) is 22.3 Å². The minimum absolute atomic E-state index is 0.0446. The second-order valence-corrected chi connectivity index (χ2v) is 9.57. The first-order chi connectivity index (χ1) is 15.5. The number of hydrogen-bond acceptors (Lipinski definition) is 6. The molecule has 0 unspecified atom stereocenters. The molecule has 0 saturated carbocycles. The molecule has 6 nitrogen and oxygen atoms in total. The van der Waals surface area contributed by atoms with E-state index in [-0.39, 0.29) is 5.56 Å². The van der Waals surface area contributed by atoms with Gasteiger partial charge in [0.05, 0.1) is 19.2 Å². The van der Waals surface area contributed by atoms with Crippen LogP contribution in [0.5, 0.6) is 5.75 Å². The predicted molar refractivity (Wildman–Crippen MR) is 130 cm³/mol. The van der Waals surface area contributed by atoms with E-state index in [0.717, 1.165) is 27.7 Å². The largest absolute Gasteiger partial charge is 0.497 e. The van der Waals surface area contributed by atoms with Gasteiger partial charge in [-0.25, -0.2) is 0 Å². The van der Waals surface area contributed by atoms with Gasteiger partial charge in [0.2, 0.25) is 5.78 Å². The van der Waals surface area contributed by atoms with E-state index in [0.29, 0.717) is 17.0 Å². The number of nitrogens with zero attached hydrogens (tertiary/aromatic N) is 4. The summed E-state index contributed by atoms with van der Waals surface area (Å²) in [6, 6.07) is 16.2. The Balaban J connectivity index is 1.57. The normalized spacial score (nSPS) is 11.5. The number of aryl methyl sites for hydroxylation is 2. The molecule has 0 fully saturated rings. The highest BCUT2D eigenvalue weighted by Gasteiger charge is 2.18. The fourth-order valence-corrected chi connectivity index (χ4v) is 5.57. The van der Waals surface area contributed by atoms with Crippen molar-refractivity contribution >= 4 is 39.1 Å². The van der Waals surface area contributed by atoms with Gasteiger partial charge in [-0.15, -0.1) is 21.5 Å². The lowest BCUT2D eigenvalue weighted by molar-refractivity contribution is 0.414. The summed E-state index contributed by atoms with van der Waals surface area (Å²) in [6.07, 6.45) is 0. The third-order valence-electron chi connectivity index (χ3n) is 5.54. The molecule has 162 valence electrons. The Morgan fingerprint density at radius 3 is 2.66 bits per heavy atom. The maximum Gasteiger partial charge on any atom is 0.273 e. The zero-order valence-corrected chi connectivity index (χ0v) is 19.7. The Labute approximate surface area is 193 Å². The van der Waals surface area contributed by atoms with Crippen molar-refractivity contribution in [3.8, 4) is 5.75 Å². The molecule has 0 radical (unpaired) electrons. The number of rotatable bonds is 6. The highest BCUT2D eigenvalue weighted by molar-refractivity contribution is 7.98. The van der Waals surface area contributed by atoms with Crippen LogP contribution in [0.2, 0.25) is 0 Å². The van der Waals surface area contributed by atoms with Gasteiger partial charge in [-0.3, -0.25) is 13.8 Å². The summed E-state index contributed by atoms with van der Waals surface area (Å²) in [4.78, 5) is 13.3. The van der Waals surface area contributed by atoms with Gasteiger partial charge in [0, 0.05) is 5.75 Å². The number of thiophene rings is 1. The van der Waals surface area contributed by atoms with Gasteiger partial charge in [-0.1, -0.05) is 47.7 Å². The predicted octanol–water partition coefficient (Wildman–Crippen LogP) is 5.07. The number of fused-ring (bicyclic) bond motifs is 3. The first kappa shape index (κ1) is 20.8. The van der Waals surface area contributed by atoms with E-state index in [4.69, 9.17) is 4.74 Å². The Hall–Kier alpha value is -3.10. The molecule has 0 saturated heterocycles. The third kappa shape index (κ3) is 3.69. The lowest BCUT2D eigenvalue weighted by Crippen LogP contribution is -2.23. The molecule has 0 aliphatic heterocycles. The van der Waals surface area contributed by atoms with Crippen LogP contribution in [0.25, 0.3) is 16.0 Å². The summed E-state index contributed by atoms with van der Waals surface area (Å²) in [5.74, 6) is 2.13. The van der Waals surface area contributed by atoms with Crippen molar-refractivity contribution < 1.29 is 4.74 Å². The SMILES string of the molecule is COc1ccc(Cn2c(=O)c3sccc3n3c(SCc4cc(C)ccc4C)nnc23)cc1. The molecule has 0 atom stereocenters. The van der Waals surface area contributed by atoms with Crippen LogP contribution in [-0.4, -0.2) is 26.3 Å². The van der Waals surface area contributed by atoms with Crippen molar-refractivity contribution in [1.82, 2.24) is 19.2 Å². The van der Waals surface area contributed by atoms with E-state index in [1.54, 1.807) is 23.4 Å². The molecule has 0 spiro atoms. The number of hydrogen-bond donors (Lipinski definition) is 0. The van der Waals surface area contributed by atoms with Gasteiger partial charge >= 0.3 is 0 Å². The average molecular weight is 463 g/mol. The quantitative estimate of drug-likeness (QED) is 0.330. The Morgan fingerprint density at radius 1 is 1.06 bits per heavy atom. The molecule has 2 aromatic carbocycles. The highest BCUT2D eigenvalue weighted by Crippen LogP contribution is 2.28. The van der Waals surface area contributed by atoms with E-state index >= 15 is 0 Å². The number of benzene rings is 2. The van der Waals surface area contributed by atoms with Gasteiger partial charge in [0.1, 0.15) is 10.4 Å². The van der Waals surface area contributed by atoms with E-state index < -0.39 is 0 Å². The van der Waals surface area contributed by atoms with Crippen LogP contribution < -0.4 is 10.3 Å². The fraction of sp³-hybridized carbons (Fsp3) is 0.208. The molecule has 3 aromatic heterocycles. The Bertz CT molecular complexity index is 1480. The standard InChI is InChI=1S/C24H22N4O2S2/c1-15-4-5-16(2)18(12-15)14-32-24-26-25-23-27(13-17-6-8-19(30-3)9-7-17)22(29)21-20(28(23)24)10-11-31-21/h4-12H,13-14H2,1-3H3. The molecule has 5 rings (SSSR count). The van der Waals surface area contributed by atoms with Gasteiger partial charge in [0.15, 0.2) is 5.16 Å². The van der Waals surface area contributed by atoms with Crippen LogP contribution in [0.3, 0.4) is 0 Å². The van der Waals surface area contributed by atoms with Gasteiger partial charge in [-0.2, -0.15) is 0 Å². The van der Waals surface area contributed by atoms with Gasteiger partial charge in [0.25, 0.3) is 5.56 Å². The summed E-state index contributed by atoms with van der Waals surface area (Å²) in [5, 5.41) is 11.6. The monoisotopic (exact) mass is 462 g/mol. The topological polar surface area (TPSA) is 61.4 Å². The van der Waals surface area contributed by atoms with Crippen LogP contribution in [0, 0.1) is 13.8 Å². The lowest BCUT2D eigenvalue weighted by Gasteiger charge is -2.10. The summed E-state index contributed by atoms with van der Waals surface area (Å²) in [7, 11) is 1.64. The molecule has 0 N–H and O–H groups in total. The Kier molecular flexibility index (Phi) is 5.48. The number of aromatic nitrogens is 4. The first-order valence-electron chi connectivity index (χ1n) is 10.2. The van der Waals surface area contributed by atoms with Crippen LogP contribution in [-0.2, 0) is 12.3 Å². The maximum absolute atomic E-state index is 13.3. The van der Waals surface area contributed by atoms with Gasteiger partial charge < -0.3 is 4.74 Å². The van der Waals surface area contributed by atoms with Crippen molar-refractivity contribution in [2.45, 2.75) is 31.3 Å². The smallest absolute Gasteiger partial charge is 0.273 e. The zero-order chi connectivity index (χ0) is 22.2. The van der Waals surface area contributed by atoms with Crippen LogP contribution in [0.4, 0.5) is 0 Å². The zero-order valence-electron chi connectivity index (χ0n) is 18.0. The average Bonchev–Trinajstić information content (AvgIpc) is 3.45. The van der Waals surface area contributed by atoms with E-state index in [2.05, 4.69) is 42.2 Å². The number of ether oxygens (including phenoxy) is 1. The maximum atomic E-state index is 13.3. The number of thioether (sulfide) groups is 1. The number of methoxy groups -OCH3 is 1. The molecule has 0 aliphatic carbocycles. The summed E-state index contributed by atoms with van der Waals surface area (Å²) in [5.41, 5.74) is 5.59. The fourth-order valence-electron chi connectivity index (χ4n) is 3.75. The van der Waals surface area contributed by atoms with Crippen molar-refractivity contribution in [1.29, 1.82) is 0 Å². The Morgan fingerprint density at radius 2 is 1.88 bits per heavy atom. The molecule has 32 heavy (non-hydrogen) atoms. The van der Waals surface area contributed by atoms with Crippen LogP contribution in [0.15, 0.2) is 63.9 Å². The first-order valence-corrected chi connectivity index (χ1v) is 12.1. The van der Waals surface area contributed by atoms with E-state index in [1.165, 1.54) is 28.0 Å². The molecule has 5 aromatic rings. The molecular formula is C24H22N4O2S2. The van der Waals surface area contributed by atoms with Crippen molar-refractivity contribution in [2.75, 3.05) is 7.11 Å². The molecule has 0 aliphatic rings. The summed E-state index contributed by atoms with van der Waals surface area (Å²) < 4.78 is 9.67. The van der Waals surface area contributed by atoms with Crippen LogP contribution >= 0.6 is 23.1 Å². The molecular weight excluding hydrogens is 440 g/mol. The minimum atomic E-state index is -0.0446. The third-order valence-corrected chi connectivity index (χ3v) is 7.41. The lowest BCUT2D eigenvalue weighted by atomic mass is 10.1. The second kappa shape index (κ2) is 8.44. The molecule has 0 bridgehead atoms. The van der Waals surface area contributed by atoms with Crippen molar-refractivity contribution in [3.63, 3.8) is 0 Å². The molecule has 0 amide bonds. The molecule has 8 heteroatoms. The van der Waals surface area contributed by atoms with E-state index in [9.17, 15) is 4.79 Å². The summed E-state index contributed by atoms with van der Waals surface area (Å²) in [6.45, 7) is 4.65. The summed E-state index contributed by atoms with van der Waals surface area (Å²) >= 11 is 3.09. The van der Waals surface area contributed by atoms with Gasteiger partial charge in [-0.05, 0) is 54.1 Å². The molecule has 3 heterocycles. The second-order valence-electron chi connectivity index (χ2n) is 7.71. The minimum Gasteiger partial charge on any atom is -0.497 e. The highest BCUT2D eigenvalue weighted by atomic mass is 32.2. The van der Waals surface area contributed by atoms with E-state index in [1.807, 2.05) is 40.1 Å².